The van der Waals surface area contributed by atoms with Gasteiger partial charge < -0.3 is 25.1 Å². The lowest BCUT2D eigenvalue weighted by Crippen LogP contribution is -2.54. The molecule has 0 saturated carbocycles. The second kappa shape index (κ2) is 13.1. The Hall–Kier alpha value is -6.14. The van der Waals surface area contributed by atoms with Gasteiger partial charge in [-0.3, -0.25) is 29.4 Å². The summed E-state index contributed by atoms with van der Waals surface area (Å²) in [4.78, 5) is 71.2. The minimum Gasteiger partial charge on any atom is -0.491 e. The van der Waals surface area contributed by atoms with E-state index in [0.717, 1.165) is 23.4 Å². The molecule has 6 amide bonds. The summed E-state index contributed by atoms with van der Waals surface area (Å²) >= 11 is 0. The number of imide groups is 2. The number of nitrogens with zero attached hydrogens (tertiary/aromatic N) is 3. The number of aromatic nitrogens is 2. The van der Waals surface area contributed by atoms with Crippen LogP contribution in [0.1, 0.15) is 50.9 Å². The first kappa shape index (κ1) is 33.7. The SMILES string of the molecule is Cc1c(C(NC(=O)Nc2cnc(NCCOc3cccc4c3C(=O)N(C3CCC(=O)NC3=O)C4=O)nc2)C(F)(F)F)oc2c(F)cc(F)cc12. The molecule has 4 N–H and O–H groups in total. The molecule has 50 heavy (non-hydrogen) atoms. The van der Waals surface area contributed by atoms with Gasteiger partial charge in [0.1, 0.15) is 30.0 Å². The van der Waals surface area contributed by atoms with Gasteiger partial charge in [-0.15, -0.1) is 0 Å². The van der Waals surface area contributed by atoms with E-state index in [1.807, 2.05) is 0 Å². The quantitative estimate of drug-likeness (QED) is 0.112. The van der Waals surface area contributed by atoms with Gasteiger partial charge in [-0.05, 0) is 31.5 Å². The van der Waals surface area contributed by atoms with Crippen molar-refractivity contribution >= 4 is 52.3 Å². The molecule has 2 aliphatic rings. The third kappa shape index (κ3) is 6.48. The summed E-state index contributed by atoms with van der Waals surface area (Å²) in [6.45, 7) is 1.19. The molecule has 4 aromatic rings. The number of aryl methyl sites for hydroxylation is 1. The molecule has 1 saturated heterocycles. The van der Waals surface area contributed by atoms with Crippen LogP contribution >= 0.6 is 0 Å². The van der Waals surface area contributed by atoms with E-state index in [1.165, 1.54) is 25.1 Å². The van der Waals surface area contributed by atoms with Crippen LogP contribution in [0, 0.1) is 18.6 Å². The summed E-state index contributed by atoms with van der Waals surface area (Å²) in [6.07, 6.45) is -2.91. The number of fused-ring (bicyclic) bond motifs is 2. The maximum Gasteiger partial charge on any atom is 0.416 e. The normalized spacial score (nSPS) is 16.7. The highest BCUT2D eigenvalue weighted by Gasteiger charge is 2.47. The van der Waals surface area contributed by atoms with Crippen molar-refractivity contribution in [1.29, 1.82) is 0 Å². The van der Waals surface area contributed by atoms with Crippen molar-refractivity contribution in [3.8, 4) is 5.75 Å². The number of anilines is 2. The van der Waals surface area contributed by atoms with E-state index in [9.17, 15) is 45.9 Å². The molecule has 0 radical (unpaired) electrons. The molecular formula is C31H24F5N7O7. The summed E-state index contributed by atoms with van der Waals surface area (Å²) in [5.74, 6) is -5.60. The molecule has 2 atom stereocenters. The number of alkyl halides is 3. The molecule has 14 nitrogen and oxygen atoms in total. The lowest BCUT2D eigenvalue weighted by atomic mass is 10.0. The highest BCUT2D eigenvalue weighted by Crippen LogP contribution is 2.39. The predicted octanol–water partition coefficient (Wildman–Crippen LogP) is 4.13. The summed E-state index contributed by atoms with van der Waals surface area (Å²) in [5.41, 5.74) is -0.890. The first-order valence-corrected chi connectivity index (χ1v) is 14.8. The Labute approximate surface area is 277 Å². The fourth-order valence-corrected chi connectivity index (χ4v) is 5.54. The number of hydrogen-bond acceptors (Lipinski definition) is 10. The third-order valence-electron chi connectivity index (χ3n) is 7.84. The van der Waals surface area contributed by atoms with E-state index in [-0.39, 0.29) is 65.5 Å². The van der Waals surface area contributed by atoms with Crippen molar-refractivity contribution in [2.24, 2.45) is 0 Å². The van der Waals surface area contributed by atoms with E-state index in [1.54, 1.807) is 5.32 Å². The van der Waals surface area contributed by atoms with Crippen molar-refractivity contribution in [1.82, 2.24) is 25.5 Å². The molecule has 2 unspecified atom stereocenters. The van der Waals surface area contributed by atoms with Crippen LogP contribution in [0.3, 0.4) is 0 Å². The Kier molecular flexibility index (Phi) is 8.81. The zero-order chi connectivity index (χ0) is 35.9. The maximum atomic E-state index is 14.1. The monoisotopic (exact) mass is 701 g/mol. The molecule has 2 aromatic carbocycles. The van der Waals surface area contributed by atoms with Crippen molar-refractivity contribution < 1.29 is 55.1 Å². The molecule has 2 aliphatic heterocycles. The number of piperidine rings is 1. The fourth-order valence-electron chi connectivity index (χ4n) is 5.54. The number of nitrogens with one attached hydrogen (secondary N) is 4. The van der Waals surface area contributed by atoms with Crippen LogP contribution < -0.4 is 26.0 Å². The number of ether oxygens (including phenoxy) is 1. The minimum absolute atomic E-state index is 0.00292. The molecule has 0 aliphatic carbocycles. The number of halogens is 5. The Balaban J connectivity index is 1.04. The summed E-state index contributed by atoms with van der Waals surface area (Å²) in [5, 5.41) is 8.60. The predicted molar refractivity (Wildman–Crippen MR) is 161 cm³/mol. The standard InChI is InChI=1S/C31H24F5N7O7/c1-13-17-9-14(32)10-18(33)24(17)50-23(13)25(31(34,35)36)42-30(48)40-15-11-38-29(39-12-15)37-7-8-49-20-4-2-3-16-22(20)28(47)43(27(16)46)19-5-6-21(44)41-26(19)45/h2-4,9-12,19,25H,5-8H2,1H3,(H,37,38,39)(H2,40,42,48)(H,41,44,45). The van der Waals surface area contributed by atoms with E-state index in [2.05, 4.69) is 25.9 Å². The zero-order valence-corrected chi connectivity index (χ0v) is 25.6. The van der Waals surface area contributed by atoms with Crippen molar-refractivity contribution in [2.45, 2.75) is 38.0 Å². The third-order valence-corrected chi connectivity index (χ3v) is 7.84. The van der Waals surface area contributed by atoms with Crippen LogP contribution in [-0.4, -0.2) is 69.9 Å². The average molecular weight is 702 g/mol. The van der Waals surface area contributed by atoms with Gasteiger partial charge in [0.05, 0.1) is 35.8 Å². The van der Waals surface area contributed by atoms with Crippen molar-refractivity contribution in [3.05, 3.63) is 76.8 Å². The number of urea groups is 1. The molecule has 0 spiro atoms. The van der Waals surface area contributed by atoms with Crippen LogP contribution in [-0.2, 0) is 9.59 Å². The number of benzene rings is 2. The topological polar surface area (TPSA) is 185 Å². The van der Waals surface area contributed by atoms with Gasteiger partial charge in [0.25, 0.3) is 11.8 Å². The van der Waals surface area contributed by atoms with E-state index >= 15 is 0 Å². The van der Waals surface area contributed by atoms with Crippen LogP contribution in [0.15, 0.2) is 47.1 Å². The lowest BCUT2D eigenvalue weighted by Gasteiger charge is -2.27. The fraction of sp³-hybridized carbons (Fsp3) is 0.258. The smallest absolute Gasteiger partial charge is 0.416 e. The first-order valence-electron chi connectivity index (χ1n) is 14.8. The van der Waals surface area contributed by atoms with E-state index < -0.39 is 70.9 Å². The van der Waals surface area contributed by atoms with Gasteiger partial charge in [0.15, 0.2) is 17.4 Å². The zero-order valence-electron chi connectivity index (χ0n) is 25.6. The number of furan rings is 1. The number of carbonyl (C=O) groups is 5. The van der Waals surface area contributed by atoms with Crippen molar-refractivity contribution in [3.63, 3.8) is 0 Å². The number of hydrogen-bond donors (Lipinski definition) is 4. The Bertz CT molecular complexity index is 2050. The maximum absolute atomic E-state index is 14.1. The van der Waals surface area contributed by atoms with Crippen LogP contribution in [0.2, 0.25) is 0 Å². The second-order valence-electron chi connectivity index (χ2n) is 11.1. The first-order chi connectivity index (χ1) is 23.7. The van der Waals surface area contributed by atoms with Crippen LogP contribution in [0.25, 0.3) is 11.0 Å². The largest absolute Gasteiger partial charge is 0.491 e. The molecule has 6 rings (SSSR count). The van der Waals surface area contributed by atoms with Crippen LogP contribution in [0.4, 0.5) is 38.4 Å². The van der Waals surface area contributed by atoms with Crippen molar-refractivity contribution in [2.75, 3.05) is 23.8 Å². The molecule has 0 bridgehead atoms. The summed E-state index contributed by atoms with van der Waals surface area (Å²) in [7, 11) is 0. The molecule has 4 heterocycles. The van der Waals surface area contributed by atoms with Crippen LogP contribution in [0.5, 0.6) is 5.75 Å². The number of rotatable bonds is 9. The Morgan fingerprint density at radius 2 is 1.86 bits per heavy atom. The number of carbonyl (C=O) groups excluding carboxylic acids is 5. The van der Waals surface area contributed by atoms with Gasteiger partial charge in [-0.1, -0.05) is 6.07 Å². The average Bonchev–Trinajstić information content (AvgIpc) is 3.51. The molecule has 2 aromatic heterocycles. The van der Waals surface area contributed by atoms with E-state index in [4.69, 9.17) is 9.15 Å². The Morgan fingerprint density at radius 1 is 1.12 bits per heavy atom. The highest BCUT2D eigenvalue weighted by molar-refractivity contribution is 6.24. The summed E-state index contributed by atoms with van der Waals surface area (Å²) < 4.78 is 80.4. The highest BCUT2D eigenvalue weighted by atomic mass is 19.4. The lowest BCUT2D eigenvalue weighted by molar-refractivity contribution is -0.158. The molecule has 260 valence electrons. The number of amides is 6. The molecule has 1 fully saturated rings. The van der Waals surface area contributed by atoms with Gasteiger partial charge >= 0.3 is 12.2 Å². The van der Waals surface area contributed by atoms with Gasteiger partial charge in [0, 0.05) is 23.4 Å². The second-order valence-corrected chi connectivity index (χ2v) is 11.1. The molecular weight excluding hydrogens is 677 g/mol. The summed E-state index contributed by atoms with van der Waals surface area (Å²) in [6, 6.07) is 0.503. The van der Waals surface area contributed by atoms with Gasteiger partial charge in [-0.25, -0.2) is 23.5 Å². The Morgan fingerprint density at radius 3 is 2.56 bits per heavy atom. The minimum atomic E-state index is -5.08. The van der Waals surface area contributed by atoms with E-state index in [0.29, 0.717) is 6.07 Å². The molecule has 19 heteroatoms. The van der Waals surface area contributed by atoms with Gasteiger partial charge in [-0.2, -0.15) is 13.2 Å². The van der Waals surface area contributed by atoms with Gasteiger partial charge in [0.2, 0.25) is 17.8 Å².